The van der Waals surface area contributed by atoms with E-state index < -0.39 is 46.1 Å². The lowest BCUT2D eigenvalue weighted by Crippen LogP contribution is -2.66. The summed E-state index contributed by atoms with van der Waals surface area (Å²) in [5, 5.41) is 9.55. The summed E-state index contributed by atoms with van der Waals surface area (Å²) in [5.74, 6) is 3.97. The molecule has 2 aromatic carbocycles. The highest BCUT2D eigenvalue weighted by Gasteiger charge is 2.58. The molecule has 0 saturated carbocycles. The van der Waals surface area contributed by atoms with Gasteiger partial charge in [0.2, 0.25) is 10.0 Å². The largest absolute Gasteiger partial charge is 0.481 e. The van der Waals surface area contributed by atoms with Gasteiger partial charge in [0.05, 0.1) is 11.5 Å². The Kier molecular flexibility index (Phi) is 8.18. The Hall–Kier alpha value is -2.98. The van der Waals surface area contributed by atoms with Gasteiger partial charge in [-0.15, -0.1) is 5.92 Å². The number of nitrogens with zero attached hydrogens (tertiary/aromatic N) is 1. The molecular formula is C26H30N2O8S. The first kappa shape index (κ1) is 27.1. The van der Waals surface area contributed by atoms with Crippen LogP contribution in [0.4, 0.5) is 0 Å². The smallest absolute Gasteiger partial charge is 0.264 e. The Morgan fingerprint density at radius 2 is 1.86 bits per heavy atom. The summed E-state index contributed by atoms with van der Waals surface area (Å²) < 4.78 is 52.3. The van der Waals surface area contributed by atoms with E-state index in [9.17, 15) is 18.4 Å². The topological polar surface area (TPSA) is 124 Å². The highest BCUT2D eigenvalue weighted by Crippen LogP contribution is 2.39. The second-order valence-corrected chi connectivity index (χ2v) is 11.0. The van der Waals surface area contributed by atoms with Gasteiger partial charge in [-0.2, -0.15) is 4.31 Å². The fraction of sp³-hybridized carbons (Fsp3) is 0.423. The molecule has 1 amide bonds. The number of hydrogen-bond donors (Lipinski definition) is 2. The van der Waals surface area contributed by atoms with Crippen molar-refractivity contribution in [3.05, 3.63) is 60.2 Å². The number of ether oxygens (including phenoxy) is 4. The first-order valence-corrected chi connectivity index (χ1v) is 13.2. The molecule has 2 fully saturated rings. The lowest BCUT2D eigenvalue weighted by molar-refractivity contribution is -0.168. The normalized spacial score (nSPS) is 25.0. The summed E-state index contributed by atoms with van der Waals surface area (Å²) in [5.41, 5.74) is 2.42. The Morgan fingerprint density at radius 1 is 1.16 bits per heavy atom. The van der Waals surface area contributed by atoms with Gasteiger partial charge in [-0.05, 0) is 50.6 Å². The number of nitrogens with one attached hydrogen (secondary N) is 1. The fourth-order valence-corrected chi connectivity index (χ4v) is 6.11. The van der Waals surface area contributed by atoms with Crippen LogP contribution in [-0.2, 0) is 35.6 Å². The molecule has 4 rings (SSSR count). The maximum atomic E-state index is 13.8. The standard InChI is InChI=1S/C26H30N2O8S/c1-4-5-15-33-19-11-13-20(14-12-19)37(31,32)28-16-21-23(36-26(2,3)35-21)24(22(28)25(29)27-30)34-17-18-9-7-6-8-10-18/h6-14,21-24,30H,15-17H2,1-3H3,(H,27,29)/t21?,22-,23?,24+/m1/s1. The molecular weight excluding hydrogens is 500 g/mol. The van der Waals surface area contributed by atoms with Gasteiger partial charge < -0.3 is 18.9 Å². The molecule has 37 heavy (non-hydrogen) atoms. The van der Waals surface area contributed by atoms with Crippen LogP contribution in [0.15, 0.2) is 59.5 Å². The zero-order valence-electron chi connectivity index (χ0n) is 20.8. The van der Waals surface area contributed by atoms with Gasteiger partial charge in [0.15, 0.2) is 5.79 Å². The summed E-state index contributed by atoms with van der Waals surface area (Å²) in [4.78, 5) is 12.9. The maximum Gasteiger partial charge on any atom is 0.264 e. The Balaban J connectivity index is 1.67. The Bertz CT molecular complexity index is 1250. The molecule has 2 unspecified atom stereocenters. The predicted molar refractivity (Wildman–Crippen MR) is 132 cm³/mol. The summed E-state index contributed by atoms with van der Waals surface area (Å²) in [6, 6.07) is 13.6. The van der Waals surface area contributed by atoms with Gasteiger partial charge in [-0.3, -0.25) is 10.0 Å². The highest BCUT2D eigenvalue weighted by atomic mass is 32.2. The van der Waals surface area contributed by atoms with E-state index >= 15 is 0 Å². The minimum atomic E-state index is -4.24. The molecule has 0 spiro atoms. The molecule has 2 saturated heterocycles. The van der Waals surface area contributed by atoms with E-state index in [0.717, 1.165) is 9.87 Å². The predicted octanol–water partition coefficient (Wildman–Crippen LogP) is 2.07. The molecule has 2 heterocycles. The van der Waals surface area contributed by atoms with Crippen LogP contribution in [0.25, 0.3) is 0 Å². The van der Waals surface area contributed by atoms with Crippen LogP contribution in [0.1, 0.15) is 26.3 Å². The third kappa shape index (κ3) is 5.96. The van der Waals surface area contributed by atoms with Crippen LogP contribution >= 0.6 is 0 Å². The molecule has 0 aliphatic carbocycles. The zero-order valence-corrected chi connectivity index (χ0v) is 21.6. The van der Waals surface area contributed by atoms with Gasteiger partial charge in [0.1, 0.15) is 36.7 Å². The molecule has 0 aromatic heterocycles. The van der Waals surface area contributed by atoms with E-state index in [1.54, 1.807) is 26.3 Å². The number of benzene rings is 2. The number of carbonyl (C=O) groups excluding carboxylic acids is 1. The summed E-state index contributed by atoms with van der Waals surface area (Å²) >= 11 is 0. The minimum Gasteiger partial charge on any atom is -0.481 e. The van der Waals surface area contributed by atoms with Crippen molar-refractivity contribution in [3.8, 4) is 17.6 Å². The number of carbonyl (C=O) groups is 1. The monoisotopic (exact) mass is 530 g/mol. The third-order valence-corrected chi connectivity index (χ3v) is 7.97. The summed E-state index contributed by atoms with van der Waals surface area (Å²) in [6.07, 6.45) is -2.52. The van der Waals surface area contributed by atoms with Gasteiger partial charge >= 0.3 is 0 Å². The van der Waals surface area contributed by atoms with E-state index in [1.807, 2.05) is 30.3 Å². The van der Waals surface area contributed by atoms with Crippen LogP contribution in [0, 0.1) is 11.8 Å². The van der Waals surface area contributed by atoms with Crippen molar-refractivity contribution in [2.45, 2.75) is 62.4 Å². The molecule has 2 aliphatic rings. The van der Waals surface area contributed by atoms with Gasteiger partial charge in [-0.25, -0.2) is 13.9 Å². The summed E-state index contributed by atoms with van der Waals surface area (Å²) in [7, 11) is -4.24. The maximum absolute atomic E-state index is 13.8. The molecule has 10 nitrogen and oxygen atoms in total. The van der Waals surface area contributed by atoms with Crippen molar-refractivity contribution in [3.63, 3.8) is 0 Å². The molecule has 2 aromatic rings. The SMILES string of the molecule is CC#CCOc1ccc(S(=O)(=O)N2CC3OC(C)(C)OC3[C@@H](OCc3ccccc3)[C@@H]2C(=O)NO)cc1. The molecule has 0 bridgehead atoms. The summed E-state index contributed by atoms with van der Waals surface area (Å²) in [6.45, 7) is 5.20. The van der Waals surface area contributed by atoms with E-state index in [1.165, 1.54) is 24.3 Å². The first-order valence-electron chi connectivity index (χ1n) is 11.8. The van der Waals surface area contributed by atoms with Crippen LogP contribution in [0.5, 0.6) is 5.75 Å². The van der Waals surface area contributed by atoms with Crippen molar-refractivity contribution >= 4 is 15.9 Å². The molecule has 2 N–H and O–H groups in total. The second-order valence-electron chi connectivity index (χ2n) is 9.08. The molecule has 198 valence electrons. The number of amides is 1. The highest BCUT2D eigenvalue weighted by molar-refractivity contribution is 7.89. The van der Waals surface area contributed by atoms with E-state index in [0.29, 0.717) is 5.75 Å². The first-order chi connectivity index (χ1) is 17.7. The third-order valence-electron chi connectivity index (χ3n) is 6.11. The molecule has 4 atom stereocenters. The van der Waals surface area contributed by atoms with Crippen molar-refractivity contribution in [2.24, 2.45) is 0 Å². The van der Waals surface area contributed by atoms with E-state index in [2.05, 4.69) is 11.8 Å². The molecule has 0 radical (unpaired) electrons. The number of fused-ring (bicyclic) bond motifs is 1. The fourth-order valence-electron chi connectivity index (χ4n) is 4.50. The number of hydroxylamine groups is 1. The number of rotatable bonds is 8. The van der Waals surface area contributed by atoms with Crippen LogP contribution in [0.3, 0.4) is 0 Å². The second kappa shape index (κ2) is 11.2. The van der Waals surface area contributed by atoms with Crippen LogP contribution < -0.4 is 10.2 Å². The lowest BCUT2D eigenvalue weighted by atomic mass is 9.95. The van der Waals surface area contributed by atoms with Gasteiger partial charge in [-0.1, -0.05) is 36.3 Å². The van der Waals surface area contributed by atoms with Crippen molar-refractivity contribution < 1.29 is 37.4 Å². The van der Waals surface area contributed by atoms with Crippen LogP contribution in [-0.4, -0.2) is 67.1 Å². The minimum absolute atomic E-state index is 0.0596. The molecule has 2 aliphatic heterocycles. The molecule has 11 heteroatoms. The van der Waals surface area contributed by atoms with E-state index in [-0.39, 0.29) is 24.7 Å². The Labute approximate surface area is 216 Å². The van der Waals surface area contributed by atoms with Crippen molar-refractivity contribution in [1.82, 2.24) is 9.79 Å². The average Bonchev–Trinajstić information content (AvgIpc) is 3.21. The zero-order chi connectivity index (χ0) is 26.6. The van der Waals surface area contributed by atoms with Crippen molar-refractivity contribution in [2.75, 3.05) is 13.2 Å². The van der Waals surface area contributed by atoms with E-state index in [4.69, 9.17) is 18.9 Å². The van der Waals surface area contributed by atoms with Crippen molar-refractivity contribution in [1.29, 1.82) is 0 Å². The number of hydrogen-bond acceptors (Lipinski definition) is 8. The average molecular weight is 531 g/mol. The van der Waals surface area contributed by atoms with Crippen LogP contribution in [0.2, 0.25) is 0 Å². The Morgan fingerprint density at radius 3 is 2.51 bits per heavy atom. The van der Waals surface area contributed by atoms with Gasteiger partial charge in [0.25, 0.3) is 5.91 Å². The number of sulfonamides is 1. The van der Waals surface area contributed by atoms with Gasteiger partial charge in [0, 0.05) is 6.54 Å². The lowest BCUT2D eigenvalue weighted by Gasteiger charge is -2.43. The number of piperidine rings is 1. The quantitative estimate of drug-likeness (QED) is 0.302.